The number of para-hydroxylation sites is 1. The fraction of sp³-hybridized carbons (Fsp3) is 0.172. The van der Waals surface area contributed by atoms with E-state index in [1.165, 1.54) is 15.9 Å². The predicted octanol–water partition coefficient (Wildman–Crippen LogP) is 4.38. The highest BCUT2D eigenvalue weighted by Crippen LogP contribution is 2.36. The van der Waals surface area contributed by atoms with Gasteiger partial charge in [0.2, 0.25) is 4.96 Å². The quantitative estimate of drug-likeness (QED) is 0.340. The van der Waals surface area contributed by atoms with E-state index in [9.17, 15) is 9.59 Å². The number of carbonyl (C=O) groups is 1. The number of aryl methyl sites for hydroxylation is 1. The van der Waals surface area contributed by atoms with Crippen LogP contribution in [0.15, 0.2) is 77.6 Å². The molecule has 184 valence electrons. The van der Waals surface area contributed by atoms with Crippen molar-refractivity contribution in [2.45, 2.75) is 26.8 Å². The molecule has 37 heavy (non-hydrogen) atoms. The van der Waals surface area contributed by atoms with E-state index in [4.69, 9.17) is 4.74 Å². The van der Waals surface area contributed by atoms with E-state index >= 15 is 0 Å². The normalized spacial score (nSPS) is 14.4. The molecule has 0 saturated carbocycles. The summed E-state index contributed by atoms with van der Waals surface area (Å²) in [6.45, 7) is 5.17. The van der Waals surface area contributed by atoms with Gasteiger partial charge < -0.3 is 9.64 Å². The van der Waals surface area contributed by atoms with Crippen LogP contribution in [0.4, 0.5) is 5.69 Å². The number of hydrogen-bond acceptors (Lipinski definition) is 6. The van der Waals surface area contributed by atoms with Gasteiger partial charge in [0.05, 0.1) is 24.4 Å². The van der Waals surface area contributed by atoms with Crippen molar-refractivity contribution < 1.29 is 9.53 Å². The van der Waals surface area contributed by atoms with E-state index in [2.05, 4.69) is 17.0 Å². The number of nitrogens with zero attached hydrogens (tertiary/aromatic N) is 4. The Morgan fingerprint density at radius 2 is 1.70 bits per heavy atom. The van der Waals surface area contributed by atoms with Crippen molar-refractivity contribution in [3.63, 3.8) is 0 Å². The number of fused-ring (bicyclic) bond motifs is 2. The molecule has 0 N–H and O–H groups in total. The van der Waals surface area contributed by atoms with Crippen molar-refractivity contribution in [3.05, 3.63) is 104 Å². The first-order valence-corrected chi connectivity index (χ1v) is 13.0. The maximum absolute atomic E-state index is 13.7. The monoisotopic (exact) mass is 508 g/mol. The number of amides is 1. The van der Waals surface area contributed by atoms with Crippen molar-refractivity contribution >= 4 is 33.5 Å². The Labute approximate surface area is 217 Å². The van der Waals surface area contributed by atoms with Crippen LogP contribution in [0.2, 0.25) is 0 Å². The lowest BCUT2D eigenvalue weighted by molar-refractivity contribution is -0.113. The van der Waals surface area contributed by atoms with Crippen molar-refractivity contribution in [2.24, 2.45) is 0 Å². The van der Waals surface area contributed by atoms with Crippen LogP contribution in [0.3, 0.4) is 0 Å². The van der Waals surface area contributed by atoms with Gasteiger partial charge in [-0.1, -0.05) is 66.3 Å². The number of ether oxygens (including phenoxy) is 1. The van der Waals surface area contributed by atoms with Crippen molar-refractivity contribution in [1.82, 2.24) is 14.6 Å². The molecule has 6 rings (SSSR count). The molecule has 3 aromatic carbocycles. The van der Waals surface area contributed by atoms with E-state index in [1.54, 1.807) is 4.90 Å². The summed E-state index contributed by atoms with van der Waals surface area (Å²) in [7, 11) is 0. The average molecular weight is 509 g/mol. The van der Waals surface area contributed by atoms with Gasteiger partial charge in [-0.25, -0.2) is 0 Å². The summed E-state index contributed by atoms with van der Waals surface area (Å²) < 4.78 is 7.29. The first kappa shape index (κ1) is 23.1. The average Bonchev–Trinajstić information content (AvgIpc) is 3.55. The fourth-order valence-electron chi connectivity index (χ4n) is 4.46. The van der Waals surface area contributed by atoms with Gasteiger partial charge in [0.25, 0.3) is 11.5 Å². The van der Waals surface area contributed by atoms with Gasteiger partial charge in [-0.15, -0.1) is 5.10 Å². The van der Waals surface area contributed by atoms with Crippen molar-refractivity contribution in [3.8, 4) is 17.1 Å². The molecule has 7 nitrogen and oxygen atoms in total. The van der Waals surface area contributed by atoms with Crippen molar-refractivity contribution in [1.29, 1.82) is 0 Å². The molecule has 1 amide bonds. The molecular weight excluding hydrogens is 484 g/mol. The van der Waals surface area contributed by atoms with Crippen LogP contribution >= 0.6 is 11.3 Å². The maximum Gasteiger partial charge on any atom is 0.291 e. The Kier molecular flexibility index (Phi) is 5.81. The Morgan fingerprint density at radius 1 is 0.946 bits per heavy atom. The van der Waals surface area contributed by atoms with Crippen molar-refractivity contribution in [2.75, 3.05) is 11.5 Å². The smallest absolute Gasteiger partial charge is 0.291 e. The summed E-state index contributed by atoms with van der Waals surface area (Å²) in [4.78, 5) is 33.9. The Morgan fingerprint density at radius 3 is 2.43 bits per heavy atom. The number of carbonyl (C=O) groups excluding carboxylic acids is 1. The van der Waals surface area contributed by atoms with Gasteiger partial charge in [-0.2, -0.15) is 9.50 Å². The van der Waals surface area contributed by atoms with Crippen LogP contribution in [0.1, 0.15) is 30.0 Å². The van der Waals surface area contributed by atoms with Gasteiger partial charge in [0.1, 0.15) is 10.3 Å². The minimum atomic E-state index is -0.336. The SMILES string of the molecule is CCCOc1ccc(-c2nc3s/c(=C4\C(=O)N(Cc5ccc(C)cc5)c5ccccc54)c(=O)n3n2)cc1. The van der Waals surface area contributed by atoms with E-state index in [-0.39, 0.29) is 11.5 Å². The highest BCUT2D eigenvalue weighted by molar-refractivity contribution is 7.15. The molecule has 0 unspecified atom stereocenters. The second kappa shape index (κ2) is 9.29. The van der Waals surface area contributed by atoms with Crippen LogP contribution in [-0.4, -0.2) is 27.1 Å². The van der Waals surface area contributed by atoms with E-state index in [1.807, 2.05) is 79.7 Å². The van der Waals surface area contributed by atoms with Crippen LogP contribution in [-0.2, 0) is 11.3 Å². The molecule has 8 heteroatoms. The molecule has 2 aromatic heterocycles. The minimum Gasteiger partial charge on any atom is -0.494 e. The van der Waals surface area contributed by atoms with E-state index < -0.39 is 0 Å². The highest BCUT2D eigenvalue weighted by atomic mass is 32.1. The number of aromatic nitrogens is 3. The summed E-state index contributed by atoms with van der Waals surface area (Å²) in [5, 5.41) is 4.47. The molecule has 0 radical (unpaired) electrons. The molecule has 5 aromatic rings. The predicted molar refractivity (Wildman–Crippen MR) is 145 cm³/mol. The number of anilines is 1. The zero-order valence-corrected chi connectivity index (χ0v) is 21.3. The number of thiazole rings is 1. The maximum atomic E-state index is 13.7. The number of rotatable bonds is 6. The first-order valence-electron chi connectivity index (χ1n) is 12.2. The van der Waals surface area contributed by atoms with Gasteiger partial charge >= 0.3 is 0 Å². The summed E-state index contributed by atoms with van der Waals surface area (Å²) in [6.07, 6.45) is 0.935. The number of hydrogen-bond donors (Lipinski definition) is 0. The third-order valence-electron chi connectivity index (χ3n) is 6.35. The van der Waals surface area contributed by atoms with Gasteiger partial charge in [-0.05, 0) is 49.2 Å². The second-order valence-corrected chi connectivity index (χ2v) is 9.99. The summed E-state index contributed by atoms with van der Waals surface area (Å²) in [5.41, 5.74) is 4.60. The molecule has 1 aliphatic heterocycles. The lowest BCUT2D eigenvalue weighted by Gasteiger charge is -2.17. The van der Waals surface area contributed by atoms with Crippen LogP contribution in [0, 0.1) is 6.92 Å². The summed E-state index contributed by atoms with van der Waals surface area (Å²) in [6, 6.07) is 23.2. The van der Waals surface area contributed by atoms with E-state index in [0.717, 1.165) is 40.1 Å². The van der Waals surface area contributed by atoms with Gasteiger partial charge in [0.15, 0.2) is 5.82 Å². The van der Waals surface area contributed by atoms with Crippen LogP contribution in [0.25, 0.3) is 21.9 Å². The standard InChI is InChI=1S/C29H24N4O3S/c1-3-16-36-21-14-12-20(13-15-21)26-30-29-33(31-26)28(35)25(37-29)24-22-6-4-5-7-23(22)32(27(24)34)17-19-10-8-18(2)9-11-19/h4-15H,3,16-17H2,1-2H3/b25-24-. The lowest BCUT2D eigenvalue weighted by atomic mass is 10.1. The third-order valence-corrected chi connectivity index (χ3v) is 7.38. The lowest BCUT2D eigenvalue weighted by Crippen LogP contribution is -2.32. The summed E-state index contributed by atoms with van der Waals surface area (Å²) >= 11 is 1.20. The summed E-state index contributed by atoms with van der Waals surface area (Å²) in [5.74, 6) is 1.05. The molecule has 0 atom stereocenters. The Hall–Kier alpha value is -4.30. The topological polar surface area (TPSA) is 76.8 Å². The molecule has 0 bridgehead atoms. The molecule has 0 fully saturated rings. The highest BCUT2D eigenvalue weighted by Gasteiger charge is 2.34. The molecule has 0 saturated heterocycles. The van der Waals surface area contributed by atoms with E-state index in [0.29, 0.717) is 34.0 Å². The molecule has 3 heterocycles. The largest absolute Gasteiger partial charge is 0.494 e. The second-order valence-electron chi connectivity index (χ2n) is 9.01. The van der Waals surface area contributed by atoms with Crippen LogP contribution in [0.5, 0.6) is 5.75 Å². The third kappa shape index (κ3) is 4.09. The molecule has 1 aliphatic rings. The van der Waals surface area contributed by atoms with Gasteiger partial charge in [0, 0.05) is 11.1 Å². The number of benzene rings is 3. The molecule has 0 aliphatic carbocycles. The zero-order chi connectivity index (χ0) is 25.5. The zero-order valence-electron chi connectivity index (χ0n) is 20.5. The Bertz CT molecular complexity index is 1740. The fourth-order valence-corrected chi connectivity index (χ4v) is 5.46. The van der Waals surface area contributed by atoms with Crippen LogP contribution < -0.4 is 19.7 Å². The molecule has 0 spiro atoms. The minimum absolute atomic E-state index is 0.189. The Balaban J connectivity index is 1.40. The first-order chi connectivity index (χ1) is 18.0. The molecular formula is C29H24N4O3S. The van der Waals surface area contributed by atoms with Gasteiger partial charge in [-0.3, -0.25) is 9.59 Å².